The summed E-state index contributed by atoms with van der Waals surface area (Å²) in [6.07, 6.45) is 0. The minimum Gasteiger partial charge on any atom is -0.497 e. The van der Waals surface area contributed by atoms with Crippen LogP contribution in [0.5, 0.6) is 11.5 Å². The molecule has 0 saturated carbocycles. The molecule has 0 amide bonds. The number of ether oxygens (including phenoxy) is 2. The zero-order chi connectivity index (χ0) is 13.0. The molecule has 0 aliphatic carbocycles. The molecule has 0 aliphatic rings. The zero-order valence-electron chi connectivity index (χ0n) is 10.5. The summed E-state index contributed by atoms with van der Waals surface area (Å²) in [4.78, 5) is 0. The average molecular weight is 244 g/mol. The van der Waals surface area contributed by atoms with Crippen molar-refractivity contribution in [2.75, 3.05) is 14.2 Å². The van der Waals surface area contributed by atoms with Crippen LogP contribution in [-0.4, -0.2) is 19.3 Å². The highest BCUT2D eigenvalue weighted by molar-refractivity contribution is 5.71. The van der Waals surface area contributed by atoms with Crippen LogP contribution in [0.4, 0.5) is 0 Å². The summed E-state index contributed by atoms with van der Waals surface area (Å²) in [6, 6.07) is 13.5. The third-order valence-electron chi connectivity index (χ3n) is 2.86. The van der Waals surface area contributed by atoms with Gasteiger partial charge in [0.15, 0.2) is 0 Å². The minimum atomic E-state index is 0.0556. The summed E-state index contributed by atoms with van der Waals surface area (Å²) < 4.78 is 10.5. The fraction of sp³-hybridized carbons (Fsp3) is 0.200. The van der Waals surface area contributed by atoms with Crippen LogP contribution < -0.4 is 9.47 Å². The zero-order valence-corrected chi connectivity index (χ0v) is 10.5. The van der Waals surface area contributed by atoms with Crippen LogP contribution in [0.15, 0.2) is 42.5 Å². The van der Waals surface area contributed by atoms with Gasteiger partial charge in [0.05, 0.1) is 20.8 Å². The van der Waals surface area contributed by atoms with Crippen molar-refractivity contribution < 1.29 is 14.6 Å². The predicted molar refractivity (Wildman–Crippen MR) is 70.9 cm³/mol. The van der Waals surface area contributed by atoms with Crippen LogP contribution in [0, 0.1) is 0 Å². The number of aliphatic hydroxyl groups is 1. The Hall–Kier alpha value is -2.00. The summed E-state index contributed by atoms with van der Waals surface area (Å²) in [5.74, 6) is 1.54. The van der Waals surface area contributed by atoms with Gasteiger partial charge in [-0.2, -0.15) is 0 Å². The standard InChI is InChI=1S/C15H16O3/c1-17-13-7-8-14(15(9-13)18-2)12-5-3-11(10-16)4-6-12/h3-9,16H,10H2,1-2H3. The van der Waals surface area contributed by atoms with Crippen molar-refractivity contribution in [2.45, 2.75) is 6.61 Å². The quantitative estimate of drug-likeness (QED) is 0.898. The van der Waals surface area contributed by atoms with Crippen molar-refractivity contribution in [3.63, 3.8) is 0 Å². The second kappa shape index (κ2) is 5.56. The minimum absolute atomic E-state index is 0.0556. The molecular weight excluding hydrogens is 228 g/mol. The van der Waals surface area contributed by atoms with E-state index in [1.165, 1.54) is 0 Å². The van der Waals surface area contributed by atoms with E-state index in [4.69, 9.17) is 14.6 Å². The summed E-state index contributed by atoms with van der Waals surface area (Å²) in [6.45, 7) is 0.0556. The molecule has 2 aromatic rings. The van der Waals surface area contributed by atoms with Crippen LogP contribution in [-0.2, 0) is 6.61 Å². The molecule has 18 heavy (non-hydrogen) atoms. The normalized spacial score (nSPS) is 10.2. The fourth-order valence-corrected chi connectivity index (χ4v) is 1.83. The molecular formula is C15H16O3. The molecule has 0 fully saturated rings. The average Bonchev–Trinajstić information content (AvgIpc) is 2.46. The number of rotatable bonds is 4. The maximum Gasteiger partial charge on any atom is 0.130 e. The Kier molecular flexibility index (Phi) is 3.85. The molecule has 0 atom stereocenters. The number of methoxy groups -OCH3 is 2. The van der Waals surface area contributed by atoms with Gasteiger partial charge in [-0.25, -0.2) is 0 Å². The van der Waals surface area contributed by atoms with Crippen molar-refractivity contribution in [2.24, 2.45) is 0 Å². The molecule has 3 nitrogen and oxygen atoms in total. The van der Waals surface area contributed by atoms with Gasteiger partial charge in [0.25, 0.3) is 0 Å². The first-order valence-electron chi connectivity index (χ1n) is 5.70. The Labute approximate surface area is 107 Å². The molecule has 2 rings (SSSR count). The lowest BCUT2D eigenvalue weighted by molar-refractivity contribution is 0.282. The number of benzene rings is 2. The SMILES string of the molecule is COc1ccc(-c2ccc(CO)cc2)c(OC)c1. The third kappa shape index (κ3) is 2.46. The molecule has 0 heterocycles. The maximum atomic E-state index is 9.03. The van der Waals surface area contributed by atoms with E-state index in [-0.39, 0.29) is 6.61 Å². The summed E-state index contributed by atoms with van der Waals surface area (Å²) in [7, 11) is 3.27. The monoisotopic (exact) mass is 244 g/mol. The first-order chi connectivity index (χ1) is 8.78. The molecule has 2 aromatic carbocycles. The van der Waals surface area contributed by atoms with Gasteiger partial charge in [-0.05, 0) is 23.3 Å². The molecule has 3 heteroatoms. The van der Waals surface area contributed by atoms with Gasteiger partial charge in [0.1, 0.15) is 11.5 Å². The van der Waals surface area contributed by atoms with Crippen LogP contribution in [0.2, 0.25) is 0 Å². The highest BCUT2D eigenvalue weighted by atomic mass is 16.5. The largest absolute Gasteiger partial charge is 0.497 e. The second-order valence-electron chi connectivity index (χ2n) is 3.92. The van der Waals surface area contributed by atoms with Crippen molar-refractivity contribution in [1.29, 1.82) is 0 Å². The van der Waals surface area contributed by atoms with Crippen molar-refractivity contribution >= 4 is 0 Å². The molecule has 0 spiro atoms. The smallest absolute Gasteiger partial charge is 0.130 e. The van der Waals surface area contributed by atoms with E-state index in [1.54, 1.807) is 14.2 Å². The van der Waals surface area contributed by atoms with Crippen LogP contribution in [0.3, 0.4) is 0 Å². The van der Waals surface area contributed by atoms with E-state index in [2.05, 4.69) is 0 Å². The van der Waals surface area contributed by atoms with Crippen LogP contribution in [0.25, 0.3) is 11.1 Å². The Morgan fingerprint density at radius 1 is 0.944 bits per heavy atom. The van der Waals surface area contributed by atoms with Crippen LogP contribution >= 0.6 is 0 Å². The number of hydrogen-bond acceptors (Lipinski definition) is 3. The van der Waals surface area contributed by atoms with Gasteiger partial charge < -0.3 is 14.6 Å². The van der Waals surface area contributed by atoms with E-state index in [0.717, 1.165) is 28.2 Å². The lowest BCUT2D eigenvalue weighted by atomic mass is 10.0. The third-order valence-corrected chi connectivity index (χ3v) is 2.86. The summed E-state index contributed by atoms with van der Waals surface area (Å²) >= 11 is 0. The summed E-state index contributed by atoms with van der Waals surface area (Å²) in [5, 5.41) is 9.03. The molecule has 1 N–H and O–H groups in total. The highest BCUT2D eigenvalue weighted by Crippen LogP contribution is 2.33. The van der Waals surface area contributed by atoms with Crippen molar-refractivity contribution in [1.82, 2.24) is 0 Å². The molecule has 0 aliphatic heterocycles. The van der Waals surface area contributed by atoms with E-state index in [0.29, 0.717) is 0 Å². The van der Waals surface area contributed by atoms with Crippen molar-refractivity contribution in [3.8, 4) is 22.6 Å². The number of aliphatic hydroxyl groups excluding tert-OH is 1. The lowest BCUT2D eigenvalue weighted by Gasteiger charge is -2.10. The number of hydrogen-bond donors (Lipinski definition) is 1. The molecule has 0 radical (unpaired) electrons. The first kappa shape index (κ1) is 12.5. The van der Waals surface area contributed by atoms with Crippen molar-refractivity contribution in [3.05, 3.63) is 48.0 Å². The summed E-state index contributed by atoms with van der Waals surface area (Å²) in [5.41, 5.74) is 2.95. The Morgan fingerprint density at radius 2 is 1.67 bits per heavy atom. The molecule has 94 valence electrons. The van der Waals surface area contributed by atoms with E-state index < -0.39 is 0 Å². The molecule has 0 unspecified atom stereocenters. The maximum absolute atomic E-state index is 9.03. The molecule has 0 bridgehead atoms. The van der Waals surface area contributed by atoms with E-state index in [9.17, 15) is 0 Å². The van der Waals surface area contributed by atoms with E-state index in [1.807, 2.05) is 42.5 Å². The van der Waals surface area contributed by atoms with Gasteiger partial charge in [0.2, 0.25) is 0 Å². The van der Waals surface area contributed by atoms with Gasteiger partial charge in [-0.15, -0.1) is 0 Å². The Balaban J connectivity index is 2.42. The van der Waals surface area contributed by atoms with Gasteiger partial charge in [0, 0.05) is 11.6 Å². The molecule has 0 aromatic heterocycles. The van der Waals surface area contributed by atoms with Gasteiger partial charge >= 0.3 is 0 Å². The first-order valence-corrected chi connectivity index (χ1v) is 5.70. The molecule has 0 saturated heterocycles. The Morgan fingerprint density at radius 3 is 2.22 bits per heavy atom. The topological polar surface area (TPSA) is 38.7 Å². The predicted octanol–water partition coefficient (Wildman–Crippen LogP) is 2.86. The van der Waals surface area contributed by atoms with Gasteiger partial charge in [-0.1, -0.05) is 24.3 Å². The highest BCUT2D eigenvalue weighted by Gasteiger charge is 2.07. The lowest BCUT2D eigenvalue weighted by Crippen LogP contribution is -1.91. The fourth-order valence-electron chi connectivity index (χ4n) is 1.83. The Bertz CT molecular complexity index is 518. The van der Waals surface area contributed by atoms with Gasteiger partial charge in [-0.3, -0.25) is 0 Å². The van der Waals surface area contributed by atoms with E-state index >= 15 is 0 Å². The second-order valence-corrected chi connectivity index (χ2v) is 3.92. The van der Waals surface area contributed by atoms with Crippen LogP contribution in [0.1, 0.15) is 5.56 Å².